The molecular formula is C18H32O4. The van der Waals surface area contributed by atoms with Crippen LogP contribution in [0.2, 0.25) is 0 Å². The van der Waals surface area contributed by atoms with E-state index in [4.69, 9.17) is 0 Å². The maximum Gasteiger partial charge on any atom is 0.310 e. The highest BCUT2D eigenvalue weighted by atomic mass is 16.5. The van der Waals surface area contributed by atoms with Crippen LogP contribution in [0.3, 0.4) is 0 Å². The van der Waals surface area contributed by atoms with Crippen LogP contribution >= 0.6 is 0 Å². The van der Waals surface area contributed by atoms with Gasteiger partial charge in [-0.3, -0.25) is 9.59 Å². The summed E-state index contributed by atoms with van der Waals surface area (Å²) in [5, 5.41) is 0. The van der Waals surface area contributed by atoms with E-state index >= 15 is 0 Å². The number of carbonyl (C=O) groups is 2. The number of unbranched alkanes of at least 4 members (excludes halogenated alkanes) is 3. The van der Waals surface area contributed by atoms with Gasteiger partial charge in [0.05, 0.1) is 12.5 Å². The van der Waals surface area contributed by atoms with Crippen LogP contribution in [0, 0.1) is 5.92 Å². The van der Waals surface area contributed by atoms with Crippen molar-refractivity contribution in [2.75, 3.05) is 0 Å². The number of carbonyl (C=O) groups excluding carboxylic acids is 2. The second kappa shape index (κ2) is 21.5. The predicted molar refractivity (Wildman–Crippen MR) is 92.0 cm³/mol. The molecule has 0 fully saturated rings. The first-order valence-electron chi connectivity index (χ1n) is 7.52. The highest BCUT2D eigenvalue weighted by molar-refractivity contribution is 5.69. The maximum absolute atomic E-state index is 10.9. The van der Waals surface area contributed by atoms with Gasteiger partial charge in [-0.1, -0.05) is 52.7 Å². The summed E-state index contributed by atoms with van der Waals surface area (Å²) < 4.78 is 8.78. The van der Waals surface area contributed by atoms with Crippen LogP contribution in [0.4, 0.5) is 0 Å². The van der Waals surface area contributed by atoms with Gasteiger partial charge in [-0.25, -0.2) is 0 Å². The topological polar surface area (TPSA) is 52.6 Å². The number of rotatable bonds is 9. The summed E-state index contributed by atoms with van der Waals surface area (Å²) in [5.74, 6) is 0.301. The van der Waals surface area contributed by atoms with Crippen molar-refractivity contribution in [2.24, 2.45) is 5.92 Å². The predicted octanol–water partition coefficient (Wildman–Crippen LogP) is 5.16. The molecule has 0 aliphatic rings. The Morgan fingerprint density at radius 2 is 1.45 bits per heavy atom. The summed E-state index contributed by atoms with van der Waals surface area (Å²) in [5.41, 5.74) is 0. The lowest BCUT2D eigenvalue weighted by Crippen LogP contribution is -1.98. The van der Waals surface area contributed by atoms with Crippen molar-refractivity contribution >= 4 is 11.9 Å². The Morgan fingerprint density at radius 1 is 0.955 bits per heavy atom. The fourth-order valence-corrected chi connectivity index (χ4v) is 1.44. The van der Waals surface area contributed by atoms with Gasteiger partial charge in [0.2, 0.25) is 0 Å². The Kier molecular flexibility index (Phi) is 24.5. The van der Waals surface area contributed by atoms with Crippen molar-refractivity contribution < 1.29 is 19.1 Å². The van der Waals surface area contributed by atoms with Gasteiger partial charge in [-0.2, -0.15) is 0 Å². The third-order valence-electron chi connectivity index (χ3n) is 2.38. The lowest BCUT2D eigenvalue weighted by atomic mass is 10.0. The SMILES string of the molecule is C=C.C=COC(=O)CCCCCCC(C)C.C=COC(C)=O. The minimum absolute atomic E-state index is 0.163. The van der Waals surface area contributed by atoms with Crippen LogP contribution in [-0.4, -0.2) is 11.9 Å². The number of esters is 2. The van der Waals surface area contributed by atoms with Gasteiger partial charge < -0.3 is 9.47 Å². The summed E-state index contributed by atoms with van der Waals surface area (Å²) in [6.07, 6.45) is 8.66. The lowest BCUT2D eigenvalue weighted by Gasteiger charge is -2.03. The lowest BCUT2D eigenvalue weighted by molar-refractivity contribution is -0.138. The van der Waals surface area contributed by atoms with E-state index in [1.54, 1.807) is 0 Å². The molecule has 0 radical (unpaired) electrons. The third kappa shape index (κ3) is 30.9. The monoisotopic (exact) mass is 312 g/mol. The van der Waals surface area contributed by atoms with E-state index in [0.29, 0.717) is 6.42 Å². The molecule has 0 aromatic rings. The molecule has 0 N–H and O–H groups in total. The van der Waals surface area contributed by atoms with Crippen molar-refractivity contribution in [1.82, 2.24) is 0 Å². The van der Waals surface area contributed by atoms with Crippen LogP contribution in [-0.2, 0) is 19.1 Å². The summed E-state index contributed by atoms with van der Waals surface area (Å²) in [6, 6.07) is 0. The van der Waals surface area contributed by atoms with E-state index in [9.17, 15) is 9.59 Å². The van der Waals surface area contributed by atoms with Crippen molar-refractivity contribution in [3.05, 3.63) is 38.8 Å². The largest absolute Gasteiger partial charge is 0.435 e. The summed E-state index contributed by atoms with van der Waals surface area (Å²) in [4.78, 5) is 20.6. The highest BCUT2D eigenvalue weighted by Crippen LogP contribution is 2.10. The quantitative estimate of drug-likeness (QED) is 0.255. The molecular weight excluding hydrogens is 280 g/mol. The first-order valence-corrected chi connectivity index (χ1v) is 7.52. The first kappa shape index (κ1) is 25.1. The first-order chi connectivity index (χ1) is 10.4. The van der Waals surface area contributed by atoms with E-state index in [1.165, 1.54) is 32.4 Å². The fourth-order valence-electron chi connectivity index (χ4n) is 1.44. The minimum atomic E-state index is -0.329. The Bertz CT molecular complexity index is 295. The van der Waals surface area contributed by atoms with E-state index in [0.717, 1.165) is 25.0 Å². The molecule has 0 bridgehead atoms. The van der Waals surface area contributed by atoms with Gasteiger partial charge in [0.1, 0.15) is 0 Å². The molecule has 0 aliphatic carbocycles. The number of hydrogen-bond donors (Lipinski definition) is 0. The molecule has 0 saturated carbocycles. The zero-order chi connectivity index (χ0) is 17.8. The van der Waals surface area contributed by atoms with E-state index < -0.39 is 0 Å². The molecule has 22 heavy (non-hydrogen) atoms. The molecule has 0 spiro atoms. The highest BCUT2D eigenvalue weighted by Gasteiger charge is 2.00. The van der Waals surface area contributed by atoms with E-state index in [1.807, 2.05) is 0 Å². The average Bonchev–Trinajstić information content (AvgIpc) is 2.45. The summed E-state index contributed by atoms with van der Waals surface area (Å²) in [6.45, 7) is 18.3. The van der Waals surface area contributed by atoms with Crippen LogP contribution in [0.25, 0.3) is 0 Å². The van der Waals surface area contributed by atoms with Crippen LogP contribution in [0.5, 0.6) is 0 Å². The molecule has 0 aromatic heterocycles. The second-order valence-corrected chi connectivity index (χ2v) is 4.78. The van der Waals surface area contributed by atoms with Gasteiger partial charge in [0, 0.05) is 13.3 Å². The third-order valence-corrected chi connectivity index (χ3v) is 2.38. The van der Waals surface area contributed by atoms with Crippen LogP contribution in [0.1, 0.15) is 59.3 Å². The zero-order valence-corrected chi connectivity index (χ0v) is 14.4. The number of ether oxygens (including phenoxy) is 2. The normalized spacial score (nSPS) is 8.55. The molecule has 0 heterocycles. The van der Waals surface area contributed by atoms with E-state index in [-0.39, 0.29) is 11.9 Å². The second-order valence-electron chi connectivity index (χ2n) is 4.78. The van der Waals surface area contributed by atoms with Gasteiger partial charge in [0.25, 0.3) is 0 Å². The van der Waals surface area contributed by atoms with Gasteiger partial charge in [-0.15, -0.1) is 13.2 Å². The Hall–Kier alpha value is -1.84. The molecule has 0 saturated heterocycles. The molecule has 0 rings (SSSR count). The Morgan fingerprint density at radius 3 is 1.82 bits per heavy atom. The maximum atomic E-state index is 10.9. The van der Waals surface area contributed by atoms with Gasteiger partial charge >= 0.3 is 11.9 Å². The van der Waals surface area contributed by atoms with Crippen molar-refractivity contribution in [1.29, 1.82) is 0 Å². The molecule has 0 atom stereocenters. The molecule has 4 heteroatoms. The summed E-state index contributed by atoms with van der Waals surface area (Å²) in [7, 11) is 0. The molecule has 0 aliphatic heterocycles. The standard InChI is InChI=1S/C12H22O2.C4H6O2.C2H4/c1-4-14-12(13)10-8-6-5-7-9-11(2)3;1-3-6-4(2)5;1-2/h4,11H,1,5-10H2,2-3H3;3H,1H2,2H3;1-2H2. The van der Waals surface area contributed by atoms with Crippen molar-refractivity contribution in [3.8, 4) is 0 Å². The van der Waals surface area contributed by atoms with E-state index in [2.05, 4.69) is 49.6 Å². The molecule has 4 nitrogen and oxygen atoms in total. The average molecular weight is 312 g/mol. The summed E-state index contributed by atoms with van der Waals surface area (Å²) >= 11 is 0. The molecule has 0 amide bonds. The number of hydrogen-bond acceptors (Lipinski definition) is 4. The fraction of sp³-hybridized carbons (Fsp3) is 0.556. The van der Waals surface area contributed by atoms with Crippen LogP contribution in [0.15, 0.2) is 38.8 Å². The van der Waals surface area contributed by atoms with Crippen LogP contribution < -0.4 is 0 Å². The van der Waals surface area contributed by atoms with Gasteiger partial charge in [0.15, 0.2) is 0 Å². The molecule has 0 aromatic carbocycles. The van der Waals surface area contributed by atoms with Crippen molar-refractivity contribution in [3.63, 3.8) is 0 Å². The molecule has 128 valence electrons. The smallest absolute Gasteiger partial charge is 0.310 e. The Labute approximate surface area is 135 Å². The van der Waals surface area contributed by atoms with Gasteiger partial charge in [-0.05, 0) is 12.3 Å². The minimum Gasteiger partial charge on any atom is -0.435 e. The zero-order valence-electron chi connectivity index (χ0n) is 14.4. The van der Waals surface area contributed by atoms with Crippen molar-refractivity contribution in [2.45, 2.75) is 59.3 Å². The molecule has 0 unspecified atom stereocenters. The Balaban J connectivity index is -0.000000378.